The van der Waals surface area contributed by atoms with Gasteiger partial charge >= 0.3 is 6.03 Å². The lowest BCUT2D eigenvalue weighted by molar-refractivity contribution is 0.105. The number of likely N-dealkylation sites (tertiary alicyclic amines) is 1. The van der Waals surface area contributed by atoms with E-state index >= 15 is 0 Å². The SMILES string of the molecule is CC(C)NC(=O)N1CCCCC1c1nn(Cc2ccccc2)c2c1COCC2. The third-order valence-corrected chi connectivity index (χ3v) is 5.59. The first-order valence-corrected chi connectivity index (χ1v) is 10.4. The van der Waals surface area contributed by atoms with E-state index in [1.54, 1.807) is 0 Å². The van der Waals surface area contributed by atoms with E-state index in [1.807, 2.05) is 24.8 Å². The second kappa shape index (κ2) is 8.35. The lowest BCUT2D eigenvalue weighted by Crippen LogP contribution is -2.47. The number of carbonyl (C=O) groups excluding carboxylic acids is 1. The van der Waals surface area contributed by atoms with Crippen molar-refractivity contribution in [2.45, 2.75) is 64.8 Å². The number of nitrogens with zero attached hydrogens (tertiary/aromatic N) is 3. The lowest BCUT2D eigenvalue weighted by Gasteiger charge is -2.36. The smallest absolute Gasteiger partial charge is 0.318 e. The predicted octanol–water partition coefficient (Wildman–Crippen LogP) is 3.65. The molecule has 6 nitrogen and oxygen atoms in total. The van der Waals surface area contributed by atoms with Crippen molar-refractivity contribution in [3.63, 3.8) is 0 Å². The number of nitrogens with one attached hydrogen (secondary N) is 1. The van der Waals surface area contributed by atoms with Gasteiger partial charge in [0, 0.05) is 30.3 Å². The highest BCUT2D eigenvalue weighted by Crippen LogP contribution is 2.35. The number of rotatable bonds is 4. The zero-order chi connectivity index (χ0) is 19.5. The Hall–Kier alpha value is -2.34. The minimum Gasteiger partial charge on any atom is -0.376 e. The van der Waals surface area contributed by atoms with Crippen molar-refractivity contribution in [1.82, 2.24) is 20.0 Å². The van der Waals surface area contributed by atoms with Gasteiger partial charge in [-0.1, -0.05) is 30.3 Å². The molecule has 1 aromatic heterocycles. The average molecular weight is 383 g/mol. The van der Waals surface area contributed by atoms with Crippen LogP contribution in [0, 0.1) is 0 Å². The Morgan fingerprint density at radius 1 is 1.29 bits per heavy atom. The van der Waals surface area contributed by atoms with E-state index in [1.165, 1.54) is 16.8 Å². The first-order chi connectivity index (χ1) is 13.6. The number of fused-ring (bicyclic) bond motifs is 1. The summed E-state index contributed by atoms with van der Waals surface area (Å²) in [5, 5.41) is 8.10. The lowest BCUT2D eigenvalue weighted by atomic mass is 9.95. The normalized spacial score (nSPS) is 19.5. The van der Waals surface area contributed by atoms with Gasteiger partial charge in [-0.3, -0.25) is 4.68 Å². The molecule has 0 radical (unpaired) electrons. The van der Waals surface area contributed by atoms with E-state index in [9.17, 15) is 4.79 Å². The molecule has 3 heterocycles. The molecule has 1 N–H and O–H groups in total. The Labute approximate surface area is 166 Å². The van der Waals surface area contributed by atoms with Gasteiger partial charge in [-0.05, 0) is 38.7 Å². The van der Waals surface area contributed by atoms with Gasteiger partial charge in [-0.25, -0.2) is 4.79 Å². The van der Waals surface area contributed by atoms with Crippen LogP contribution in [0.2, 0.25) is 0 Å². The fraction of sp³-hybridized carbons (Fsp3) is 0.545. The second-order valence-corrected chi connectivity index (χ2v) is 8.07. The van der Waals surface area contributed by atoms with Crippen LogP contribution in [0.15, 0.2) is 30.3 Å². The number of hydrogen-bond acceptors (Lipinski definition) is 3. The molecule has 1 aromatic carbocycles. The Kier molecular flexibility index (Phi) is 5.67. The number of carbonyl (C=O) groups is 1. The number of hydrogen-bond donors (Lipinski definition) is 1. The van der Waals surface area contributed by atoms with Gasteiger partial charge in [0.1, 0.15) is 0 Å². The van der Waals surface area contributed by atoms with Crippen molar-refractivity contribution in [3.05, 3.63) is 52.8 Å². The van der Waals surface area contributed by atoms with Crippen LogP contribution in [-0.4, -0.2) is 39.9 Å². The number of ether oxygens (including phenoxy) is 1. The molecule has 4 rings (SSSR count). The van der Waals surface area contributed by atoms with Crippen LogP contribution in [0.1, 0.15) is 61.7 Å². The molecule has 28 heavy (non-hydrogen) atoms. The van der Waals surface area contributed by atoms with Gasteiger partial charge in [0.05, 0.1) is 31.5 Å². The van der Waals surface area contributed by atoms with E-state index < -0.39 is 0 Å². The zero-order valence-corrected chi connectivity index (χ0v) is 16.9. The number of benzene rings is 1. The molecule has 1 atom stereocenters. The van der Waals surface area contributed by atoms with Gasteiger partial charge in [0.2, 0.25) is 0 Å². The largest absolute Gasteiger partial charge is 0.376 e. The summed E-state index contributed by atoms with van der Waals surface area (Å²) in [5.74, 6) is 0. The van der Waals surface area contributed by atoms with Crippen molar-refractivity contribution >= 4 is 6.03 Å². The maximum atomic E-state index is 12.8. The minimum atomic E-state index is 0.0165. The summed E-state index contributed by atoms with van der Waals surface area (Å²) in [6.45, 7) is 6.87. The molecule has 0 bridgehead atoms. The summed E-state index contributed by atoms with van der Waals surface area (Å²) in [6, 6.07) is 10.6. The number of aromatic nitrogens is 2. The van der Waals surface area contributed by atoms with Crippen LogP contribution in [-0.2, 0) is 24.3 Å². The molecular weight excluding hydrogens is 352 g/mol. The highest BCUT2D eigenvalue weighted by molar-refractivity contribution is 5.75. The van der Waals surface area contributed by atoms with Crippen LogP contribution in [0.5, 0.6) is 0 Å². The Bertz CT molecular complexity index is 815. The maximum Gasteiger partial charge on any atom is 0.318 e. The molecule has 2 aromatic rings. The molecule has 1 unspecified atom stereocenters. The predicted molar refractivity (Wildman–Crippen MR) is 108 cm³/mol. The quantitative estimate of drug-likeness (QED) is 0.878. The van der Waals surface area contributed by atoms with Gasteiger partial charge in [-0.15, -0.1) is 0 Å². The topological polar surface area (TPSA) is 59.4 Å². The summed E-state index contributed by atoms with van der Waals surface area (Å²) in [6.07, 6.45) is 4.00. The monoisotopic (exact) mass is 382 g/mol. The first-order valence-electron chi connectivity index (χ1n) is 10.4. The number of amides is 2. The summed E-state index contributed by atoms with van der Waals surface area (Å²) in [4.78, 5) is 14.8. The molecule has 0 aliphatic carbocycles. The van der Waals surface area contributed by atoms with E-state index in [4.69, 9.17) is 9.84 Å². The molecular formula is C22H30N4O2. The Morgan fingerprint density at radius 3 is 2.89 bits per heavy atom. The summed E-state index contributed by atoms with van der Waals surface area (Å²) in [5.41, 5.74) is 4.73. The van der Waals surface area contributed by atoms with E-state index in [-0.39, 0.29) is 18.1 Å². The minimum absolute atomic E-state index is 0.0165. The molecule has 2 aliphatic rings. The summed E-state index contributed by atoms with van der Waals surface area (Å²) in [7, 11) is 0. The fourth-order valence-electron chi connectivity index (χ4n) is 4.28. The third-order valence-electron chi connectivity index (χ3n) is 5.59. The number of piperidine rings is 1. The van der Waals surface area contributed by atoms with Gasteiger partial charge in [-0.2, -0.15) is 5.10 Å². The van der Waals surface area contributed by atoms with Crippen molar-refractivity contribution in [3.8, 4) is 0 Å². The van der Waals surface area contributed by atoms with Crippen LogP contribution in [0.25, 0.3) is 0 Å². The molecule has 1 fully saturated rings. The standard InChI is InChI=1S/C22H30N4O2/c1-16(2)23-22(27)25-12-7-6-10-20(25)21-18-15-28-13-11-19(18)26(24-21)14-17-8-4-3-5-9-17/h3-5,8-9,16,20H,6-7,10-15H2,1-2H3,(H,23,27). The van der Waals surface area contributed by atoms with Crippen molar-refractivity contribution in [2.24, 2.45) is 0 Å². The average Bonchev–Trinajstić information content (AvgIpc) is 3.07. The van der Waals surface area contributed by atoms with Crippen LogP contribution >= 0.6 is 0 Å². The van der Waals surface area contributed by atoms with E-state index in [0.29, 0.717) is 6.61 Å². The molecule has 6 heteroatoms. The number of urea groups is 1. The fourth-order valence-corrected chi connectivity index (χ4v) is 4.28. The van der Waals surface area contributed by atoms with E-state index in [2.05, 4.69) is 34.3 Å². The van der Waals surface area contributed by atoms with Crippen molar-refractivity contribution in [2.75, 3.05) is 13.2 Å². The first kappa shape index (κ1) is 19.0. The molecule has 0 saturated carbocycles. The molecule has 2 aliphatic heterocycles. The summed E-state index contributed by atoms with van der Waals surface area (Å²) >= 11 is 0. The highest BCUT2D eigenvalue weighted by Gasteiger charge is 2.34. The highest BCUT2D eigenvalue weighted by atomic mass is 16.5. The molecule has 1 saturated heterocycles. The van der Waals surface area contributed by atoms with Gasteiger partial charge in [0.25, 0.3) is 0 Å². The second-order valence-electron chi connectivity index (χ2n) is 8.07. The Balaban J connectivity index is 1.67. The van der Waals surface area contributed by atoms with E-state index in [0.717, 1.165) is 51.1 Å². The Morgan fingerprint density at radius 2 is 2.11 bits per heavy atom. The molecule has 2 amide bonds. The summed E-state index contributed by atoms with van der Waals surface area (Å²) < 4.78 is 7.91. The van der Waals surface area contributed by atoms with Crippen LogP contribution in [0.3, 0.4) is 0 Å². The molecule has 0 spiro atoms. The van der Waals surface area contributed by atoms with Gasteiger partial charge in [0.15, 0.2) is 0 Å². The molecule has 150 valence electrons. The van der Waals surface area contributed by atoms with Crippen molar-refractivity contribution in [1.29, 1.82) is 0 Å². The maximum absolute atomic E-state index is 12.8. The van der Waals surface area contributed by atoms with Crippen LogP contribution in [0.4, 0.5) is 4.79 Å². The van der Waals surface area contributed by atoms with Crippen LogP contribution < -0.4 is 5.32 Å². The van der Waals surface area contributed by atoms with Gasteiger partial charge < -0.3 is 15.0 Å². The third kappa shape index (κ3) is 3.92. The zero-order valence-electron chi connectivity index (χ0n) is 16.9. The van der Waals surface area contributed by atoms with Crippen molar-refractivity contribution < 1.29 is 9.53 Å².